The van der Waals surface area contributed by atoms with Crippen LogP contribution in [-0.2, 0) is 11.3 Å². The van der Waals surface area contributed by atoms with Gasteiger partial charge in [0.15, 0.2) is 0 Å². The minimum Gasteiger partial charge on any atom is -0.378 e. The fourth-order valence-corrected chi connectivity index (χ4v) is 6.90. The molecule has 1 aliphatic carbocycles. The van der Waals surface area contributed by atoms with Crippen molar-refractivity contribution in [1.29, 1.82) is 0 Å². The van der Waals surface area contributed by atoms with Crippen LogP contribution in [0, 0.1) is 5.92 Å². The topological polar surface area (TPSA) is 46.8 Å². The van der Waals surface area contributed by atoms with Gasteiger partial charge in [0, 0.05) is 47.9 Å². The SMILES string of the molecule is O=C(c1cn(CC2CCC(c3ccc(N=C(c4ccccc4)c4ccccc4)cc3)CC2)c2ccccc12)N1CCOCC1. The summed E-state index contributed by atoms with van der Waals surface area (Å²) in [6.07, 6.45) is 6.86. The summed E-state index contributed by atoms with van der Waals surface area (Å²) in [7, 11) is 0. The first-order chi connectivity index (χ1) is 21.7. The van der Waals surface area contributed by atoms with E-state index in [1.165, 1.54) is 31.2 Å². The molecule has 4 aromatic carbocycles. The van der Waals surface area contributed by atoms with E-state index in [-0.39, 0.29) is 5.91 Å². The molecule has 5 heteroatoms. The number of hydrogen-bond acceptors (Lipinski definition) is 3. The van der Waals surface area contributed by atoms with Crippen LogP contribution >= 0.6 is 0 Å². The molecular formula is C39H39N3O2. The van der Waals surface area contributed by atoms with Crippen molar-refractivity contribution in [3.63, 3.8) is 0 Å². The first-order valence-electron chi connectivity index (χ1n) is 16.0. The number of ether oxygens (including phenoxy) is 1. The number of hydrogen-bond donors (Lipinski definition) is 0. The second kappa shape index (κ2) is 13.0. The van der Waals surface area contributed by atoms with Crippen LogP contribution in [0.3, 0.4) is 0 Å². The van der Waals surface area contributed by atoms with Gasteiger partial charge in [-0.25, -0.2) is 4.99 Å². The summed E-state index contributed by atoms with van der Waals surface area (Å²) in [5, 5.41) is 1.06. The lowest BCUT2D eigenvalue weighted by Gasteiger charge is -2.29. The number of morpholine rings is 1. The Labute approximate surface area is 259 Å². The minimum atomic E-state index is 0.124. The molecule has 7 rings (SSSR count). The number of fused-ring (bicyclic) bond motifs is 1. The lowest BCUT2D eigenvalue weighted by molar-refractivity contribution is 0.0304. The maximum absolute atomic E-state index is 13.4. The Morgan fingerprint density at radius 2 is 1.34 bits per heavy atom. The first kappa shape index (κ1) is 28.3. The van der Waals surface area contributed by atoms with Gasteiger partial charge in [-0.15, -0.1) is 0 Å². The van der Waals surface area contributed by atoms with E-state index in [9.17, 15) is 4.79 Å². The van der Waals surface area contributed by atoms with E-state index in [2.05, 4.69) is 102 Å². The van der Waals surface area contributed by atoms with Crippen molar-refractivity contribution in [1.82, 2.24) is 9.47 Å². The van der Waals surface area contributed by atoms with E-state index >= 15 is 0 Å². The van der Waals surface area contributed by atoms with Gasteiger partial charge in [-0.2, -0.15) is 0 Å². The number of para-hydroxylation sites is 1. The molecule has 0 spiro atoms. The lowest BCUT2D eigenvalue weighted by Crippen LogP contribution is -2.40. The number of rotatable bonds is 7. The van der Waals surface area contributed by atoms with Crippen molar-refractivity contribution in [2.24, 2.45) is 10.9 Å². The maximum Gasteiger partial charge on any atom is 0.256 e. The number of aliphatic imine (C=N–C) groups is 1. The average Bonchev–Trinajstić information content (AvgIpc) is 3.47. The molecule has 0 atom stereocenters. The molecule has 44 heavy (non-hydrogen) atoms. The van der Waals surface area contributed by atoms with Gasteiger partial charge >= 0.3 is 0 Å². The van der Waals surface area contributed by atoms with Crippen molar-refractivity contribution in [3.8, 4) is 0 Å². The summed E-state index contributed by atoms with van der Waals surface area (Å²) < 4.78 is 7.80. The summed E-state index contributed by atoms with van der Waals surface area (Å²) in [4.78, 5) is 20.4. The zero-order valence-electron chi connectivity index (χ0n) is 25.1. The van der Waals surface area contributed by atoms with Crippen LogP contribution in [0.1, 0.15) is 58.6 Å². The van der Waals surface area contributed by atoms with Gasteiger partial charge in [0.25, 0.3) is 5.91 Å². The number of carbonyl (C=O) groups is 1. The predicted molar refractivity (Wildman–Crippen MR) is 178 cm³/mol. The van der Waals surface area contributed by atoms with E-state index in [0.29, 0.717) is 38.1 Å². The van der Waals surface area contributed by atoms with E-state index in [1.807, 2.05) is 23.1 Å². The third-order valence-corrected chi connectivity index (χ3v) is 9.32. The van der Waals surface area contributed by atoms with Gasteiger partial charge in [-0.05, 0) is 61.3 Å². The second-order valence-electron chi connectivity index (χ2n) is 12.1. The largest absolute Gasteiger partial charge is 0.378 e. The fraction of sp³-hybridized carbons (Fsp3) is 0.282. The standard InChI is InChI=1S/C39H39N3O2/c43-39(41-23-25-44-26-24-41)36-28-42(37-14-8-7-13-35(36)37)27-29-15-17-30(18-16-29)31-19-21-34(22-20-31)40-38(32-9-3-1-4-10-32)33-11-5-2-6-12-33/h1-14,19-22,28-30H,15-18,23-27H2. The summed E-state index contributed by atoms with van der Waals surface area (Å²) in [5.41, 5.74) is 7.60. The smallest absolute Gasteiger partial charge is 0.256 e. The van der Waals surface area contributed by atoms with Gasteiger partial charge < -0.3 is 14.2 Å². The van der Waals surface area contributed by atoms with Crippen molar-refractivity contribution in [3.05, 3.63) is 138 Å². The molecule has 0 unspecified atom stereocenters. The first-order valence-corrected chi connectivity index (χ1v) is 16.0. The molecule has 1 aliphatic heterocycles. The molecule has 0 N–H and O–H groups in total. The molecule has 1 saturated heterocycles. The molecule has 2 fully saturated rings. The molecule has 2 aliphatic rings. The van der Waals surface area contributed by atoms with E-state index in [1.54, 1.807) is 0 Å². The van der Waals surface area contributed by atoms with Crippen LogP contribution in [0.2, 0.25) is 0 Å². The molecule has 1 amide bonds. The third kappa shape index (κ3) is 6.11. The Balaban J connectivity index is 1.03. The van der Waals surface area contributed by atoms with Crippen LogP contribution in [0.15, 0.2) is 120 Å². The Morgan fingerprint density at radius 3 is 2.00 bits per heavy atom. The molecule has 222 valence electrons. The number of amides is 1. The minimum absolute atomic E-state index is 0.124. The van der Waals surface area contributed by atoms with Crippen LogP contribution in [0.4, 0.5) is 5.69 Å². The van der Waals surface area contributed by atoms with Crippen molar-refractivity contribution >= 4 is 28.2 Å². The van der Waals surface area contributed by atoms with E-state index in [4.69, 9.17) is 9.73 Å². The number of aromatic nitrogens is 1. The molecule has 0 bridgehead atoms. The summed E-state index contributed by atoms with van der Waals surface area (Å²) in [5.74, 6) is 1.31. The number of benzene rings is 4. The zero-order valence-corrected chi connectivity index (χ0v) is 25.1. The Bertz CT molecular complexity index is 1690. The Kier molecular flexibility index (Phi) is 8.38. The molecule has 5 nitrogen and oxygen atoms in total. The monoisotopic (exact) mass is 581 g/mol. The highest BCUT2D eigenvalue weighted by atomic mass is 16.5. The molecule has 2 heterocycles. The molecular weight excluding hydrogens is 542 g/mol. The van der Waals surface area contributed by atoms with Gasteiger partial charge in [0.2, 0.25) is 0 Å². The highest BCUT2D eigenvalue weighted by Crippen LogP contribution is 2.38. The normalized spacial score (nSPS) is 18.7. The van der Waals surface area contributed by atoms with Crippen molar-refractivity contribution < 1.29 is 9.53 Å². The van der Waals surface area contributed by atoms with Gasteiger partial charge in [0.1, 0.15) is 0 Å². The Hall–Kier alpha value is -4.48. The summed E-state index contributed by atoms with van der Waals surface area (Å²) in [6.45, 7) is 3.52. The second-order valence-corrected chi connectivity index (χ2v) is 12.1. The van der Waals surface area contributed by atoms with Crippen LogP contribution < -0.4 is 0 Å². The predicted octanol–water partition coefficient (Wildman–Crippen LogP) is 8.26. The molecule has 0 radical (unpaired) electrons. The number of carbonyl (C=O) groups excluding carboxylic acids is 1. The fourth-order valence-electron chi connectivity index (χ4n) is 6.90. The average molecular weight is 582 g/mol. The van der Waals surface area contributed by atoms with Crippen LogP contribution in [-0.4, -0.2) is 47.4 Å². The van der Waals surface area contributed by atoms with E-state index < -0.39 is 0 Å². The van der Waals surface area contributed by atoms with Crippen LogP contribution in [0.25, 0.3) is 10.9 Å². The summed E-state index contributed by atoms with van der Waals surface area (Å²) in [6, 6.07) is 38.1. The highest BCUT2D eigenvalue weighted by Gasteiger charge is 2.26. The van der Waals surface area contributed by atoms with Crippen LogP contribution in [0.5, 0.6) is 0 Å². The van der Waals surface area contributed by atoms with Gasteiger partial charge in [-0.1, -0.05) is 91.0 Å². The molecule has 1 saturated carbocycles. The summed E-state index contributed by atoms with van der Waals surface area (Å²) >= 11 is 0. The molecule has 1 aromatic heterocycles. The lowest BCUT2D eigenvalue weighted by atomic mass is 9.78. The van der Waals surface area contributed by atoms with Crippen molar-refractivity contribution in [2.75, 3.05) is 26.3 Å². The van der Waals surface area contributed by atoms with Crippen molar-refractivity contribution in [2.45, 2.75) is 38.1 Å². The van der Waals surface area contributed by atoms with Gasteiger partial charge in [0.05, 0.1) is 30.2 Å². The maximum atomic E-state index is 13.4. The highest BCUT2D eigenvalue weighted by molar-refractivity contribution is 6.14. The Morgan fingerprint density at radius 1 is 0.727 bits per heavy atom. The zero-order chi connectivity index (χ0) is 29.7. The third-order valence-electron chi connectivity index (χ3n) is 9.32. The number of nitrogens with zero attached hydrogens (tertiary/aromatic N) is 3. The van der Waals surface area contributed by atoms with Gasteiger partial charge in [-0.3, -0.25) is 4.79 Å². The van der Waals surface area contributed by atoms with E-state index in [0.717, 1.165) is 45.5 Å². The molecule has 5 aromatic rings. The quantitative estimate of drug-likeness (QED) is 0.182.